The van der Waals surface area contributed by atoms with Crippen LogP contribution in [0.2, 0.25) is 5.15 Å². The SMILES string of the molecule is Clc1nc(Cc2ccc(Br)cc2)ncc1I. The van der Waals surface area contributed by atoms with E-state index >= 15 is 0 Å². The first-order valence-corrected chi connectivity index (χ1v) is 6.81. The van der Waals surface area contributed by atoms with E-state index in [2.05, 4.69) is 48.5 Å². The van der Waals surface area contributed by atoms with Gasteiger partial charge < -0.3 is 0 Å². The van der Waals surface area contributed by atoms with E-state index < -0.39 is 0 Å². The summed E-state index contributed by atoms with van der Waals surface area (Å²) in [6, 6.07) is 8.09. The van der Waals surface area contributed by atoms with Crippen LogP contribution >= 0.6 is 50.1 Å². The van der Waals surface area contributed by atoms with Gasteiger partial charge in [0, 0.05) is 17.1 Å². The average Bonchev–Trinajstić information content (AvgIpc) is 2.27. The molecule has 0 bridgehead atoms. The van der Waals surface area contributed by atoms with E-state index in [-0.39, 0.29) is 0 Å². The molecule has 2 aromatic rings. The third-order valence-corrected chi connectivity index (χ3v) is 3.95. The maximum atomic E-state index is 5.94. The zero-order chi connectivity index (χ0) is 11.5. The number of halogens is 3. The molecule has 0 fully saturated rings. The highest BCUT2D eigenvalue weighted by Crippen LogP contribution is 2.16. The summed E-state index contributed by atoms with van der Waals surface area (Å²) < 4.78 is 1.94. The Morgan fingerprint density at radius 2 is 1.94 bits per heavy atom. The monoisotopic (exact) mass is 408 g/mol. The molecule has 0 aliphatic rings. The van der Waals surface area contributed by atoms with Crippen molar-refractivity contribution in [2.75, 3.05) is 0 Å². The lowest BCUT2D eigenvalue weighted by Crippen LogP contribution is -1.97. The van der Waals surface area contributed by atoms with Gasteiger partial charge in [-0.1, -0.05) is 39.7 Å². The van der Waals surface area contributed by atoms with Crippen LogP contribution in [0.4, 0.5) is 0 Å². The van der Waals surface area contributed by atoms with Gasteiger partial charge in [0.05, 0.1) is 3.57 Å². The second-order valence-corrected chi connectivity index (χ2v) is 5.66. The minimum absolute atomic E-state index is 0.516. The van der Waals surface area contributed by atoms with Crippen molar-refractivity contribution >= 4 is 50.1 Å². The second-order valence-electron chi connectivity index (χ2n) is 3.23. The molecule has 1 aromatic heterocycles. The minimum atomic E-state index is 0.516. The van der Waals surface area contributed by atoms with Crippen molar-refractivity contribution in [1.29, 1.82) is 0 Å². The molecule has 0 saturated heterocycles. The molecule has 0 spiro atoms. The van der Waals surface area contributed by atoms with E-state index in [4.69, 9.17) is 11.6 Å². The van der Waals surface area contributed by atoms with Crippen molar-refractivity contribution in [2.45, 2.75) is 6.42 Å². The number of rotatable bonds is 2. The molecule has 0 atom stereocenters. The topological polar surface area (TPSA) is 25.8 Å². The van der Waals surface area contributed by atoms with Crippen LogP contribution in [0, 0.1) is 3.57 Å². The molecule has 0 saturated carbocycles. The van der Waals surface area contributed by atoms with Crippen LogP contribution < -0.4 is 0 Å². The largest absolute Gasteiger partial charge is 0.240 e. The summed E-state index contributed by atoms with van der Waals surface area (Å²) in [5, 5.41) is 0.516. The van der Waals surface area contributed by atoms with Crippen LogP contribution in [0.1, 0.15) is 11.4 Å². The van der Waals surface area contributed by atoms with Crippen LogP contribution in [0.5, 0.6) is 0 Å². The normalized spacial score (nSPS) is 10.4. The molecular weight excluding hydrogens is 402 g/mol. The van der Waals surface area contributed by atoms with Crippen LogP contribution in [0.3, 0.4) is 0 Å². The van der Waals surface area contributed by atoms with Crippen LogP contribution in [0.15, 0.2) is 34.9 Å². The summed E-state index contributed by atoms with van der Waals surface area (Å²) in [7, 11) is 0. The molecule has 0 radical (unpaired) electrons. The Hall–Kier alpha value is -0.200. The highest BCUT2D eigenvalue weighted by atomic mass is 127. The van der Waals surface area contributed by atoms with Crippen molar-refractivity contribution in [3.05, 3.63) is 55.0 Å². The zero-order valence-electron chi connectivity index (χ0n) is 8.12. The molecule has 82 valence electrons. The predicted octanol–water partition coefficient (Wildman–Crippen LogP) is 4.09. The molecule has 1 heterocycles. The molecule has 0 N–H and O–H groups in total. The Morgan fingerprint density at radius 1 is 1.25 bits per heavy atom. The zero-order valence-corrected chi connectivity index (χ0v) is 12.6. The number of hydrogen-bond donors (Lipinski definition) is 0. The van der Waals surface area contributed by atoms with Gasteiger partial charge in [0.2, 0.25) is 0 Å². The van der Waals surface area contributed by atoms with E-state index in [0.29, 0.717) is 11.6 Å². The van der Waals surface area contributed by atoms with Gasteiger partial charge >= 0.3 is 0 Å². The van der Waals surface area contributed by atoms with E-state index in [9.17, 15) is 0 Å². The molecule has 0 unspecified atom stereocenters. The van der Waals surface area contributed by atoms with Gasteiger partial charge in [0.1, 0.15) is 11.0 Å². The molecule has 1 aromatic carbocycles. The molecular formula is C11H7BrClIN2. The maximum absolute atomic E-state index is 5.94. The Kier molecular flexibility index (Phi) is 4.16. The summed E-state index contributed by atoms with van der Waals surface area (Å²) in [5.41, 5.74) is 1.17. The van der Waals surface area contributed by atoms with Crippen LogP contribution in [0.25, 0.3) is 0 Å². The molecule has 0 aliphatic heterocycles. The van der Waals surface area contributed by atoms with Gasteiger partial charge in [-0.25, -0.2) is 9.97 Å². The summed E-state index contributed by atoms with van der Waals surface area (Å²) in [4.78, 5) is 8.47. The molecule has 0 aliphatic carbocycles. The third-order valence-electron chi connectivity index (χ3n) is 2.03. The fraction of sp³-hybridized carbons (Fsp3) is 0.0909. The first kappa shape index (κ1) is 12.3. The number of aromatic nitrogens is 2. The first-order valence-electron chi connectivity index (χ1n) is 4.56. The number of benzene rings is 1. The standard InChI is InChI=1S/C11H7BrClIN2/c12-8-3-1-7(2-4-8)5-10-15-6-9(14)11(13)16-10/h1-4,6H,5H2. The van der Waals surface area contributed by atoms with Crippen LogP contribution in [-0.4, -0.2) is 9.97 Å². The lowest BCUT2D eigenvalue weighted by atomic mass is 10.1. The van der Waals surface area contributed by atoms with Gasteiger partial charge in [0.15, 0.2) is 0 Å². The Bertz CT molecular complexity index is 502. The van der Waals surface area contributed by atoms with Gasteiger partial charge in [-0.3, -0.25) is 0 Å². The fourth-order valence-electron chi connectivity index (χ4n) is 1.25. The first-order chi connectivity index (χ1) is 7.65. The van der Waals surface area contributed by atoms with E-state index in [1.807, 2.05) is 24.3 Å². The smallest absolute Gasteiger partial charge is 0.146 e. The van der Waals surface area contributed by atoms with Gasteiger partial charge in [0.25, 0.3) is 0 Å². The Labute approximate surface area is 121 Å². The third kappa shape index (κ3) is 3.15. The molecule has 5 heteroatoms. The van der Waals surface area contributed by atoms with E-state index in [0.717, 1.165) is 13.9 Å². The van der Waals surface area contributed by atoms with Crippen molar-refractivity contribution in [3.8, 4) is 0 Å². The Balaban J connectivity index is 2.20. The van der Waals surface area contributed by atoms with Gasteiger partial charge in [-0.2, -0.15) is 0 Å². The van der Waals surface area contributed by atoms with E-state index in [1.54, 1.807) is 6.20 Å². The average molecular weight is 409 g/mol. The molecule has 2 nitrogen and oxygen atoms in total. The summed E-state index contributed by atoms with van der Waals surface area (Å²) >= 11 is 11.5. The van der Waals surface area contributed by atoms with Crippen molar-refractivity contribution < 1.29 is 0 Å². The Morgan fingerprint density at radius 3 is 2.56 bits per heavy atom. The summed E-state index contributed by atoms with van der Waals surface area (Å²) in [6.45, 7) is 0. The molecule has 2 rings (SSSR count). The summed E-state index contributed by atoms with van der Waals surface area (Å²) in [6.07, 6.45) is 2.44. The maximum Gasteiger partial charge on any atom is 0.146 e. The minimum Gasteiger partial charge on any atom is -0.240 e. The molecule has 16 heavy (non-hydrogen) atoms. The van der Waals surface area contributed by atoms with Crippen molar-refractivity contribution in [3.63, 3.8) is 0 Å². The summed E-state index contributed by atoms with van der Waals surface area (Å²) in [5.74, 6) is 0.743. The number of hydrogen-bond acceptors (Lipinski definition) is 2. The van der Waals surface area contributed by atoms with Crippen molar-refractivity contribution in [2.24, 2.45) is 0 Å². The van der Waals surface area contributed by atoms with Gasteiger partial charge in [-0.15, -0.1) is 0 Å². The van der Waals surface area contributed by atoms with E-state index in [1.165, 1.54) is 5.56 Å². The lowest BCUT2D eigenvalue weighted by molar-refractivity contribution is 0.961. The lowest BCUT2D eigenvalue weighted by Gasteiger charge is -2.02. The second kappa shape index (κ2) is 5.42. The highest BCUT2D eigenvalue weighted by molar-refractivity contribution is 14.1. The van der Waals surface area contributed by atoms with Crippen molar-refractivity contribution in [1.82, 2.24) is 9.97 Å². The number of nitrogens with zero attached hydrogens (tertiary/aromatic N) is 2. The van der Waals surface area contributed by atoms with Gasteiger partial charge in [-0.05, 0) is 40.3 Å². The predicted molar refractivity (Wildman–Crippen MR) is 76.7 cm³/mol. The fourth-order valence-corrected chi connectivity index (χ4v) is 1.92. The molecule has 0 amide bonds. The van der Waals surface area contributed by atoms with Crippen LogP contribution in [-0.2, 0) is 6.42 Å². The highest BCUT2D eigenvalue weighted by Gasteiger charge is 2.03. The quantitative estimate of drug-likeness (QED) is 0.552.